The summed E-state index contributed by atoms with van der Waals surface area (Å²) in [6.45, 7) is 7.99. The van der Waals surface area contributed by atoms with Crippen LogP contribution >= 0.6 is 0 Å². The van der Waals surface area contributed by atoms with Crippen LogP contribution in [0.25, 0.3) is 0 Å². The maximum Gasteiger partial charge on any atom is 0.319 e. The Morgan fingerprint density at radius 3 is 2.42 bits per heavy atom. The molecule has 1 aliphatic carbocycles. The molecule has 4 atom stereocenters. The van der Waals surface area contributed by atoms with Crippen LogP contribution in [0.5, 0.6) is 5.75 Å². The topological polar surface area (TPSA) is 138 Å². The van der Waals surface area contributed by atoms with Crippen molar-refractivity contribution in [3.63, 3.8) is 0 Å². The van der Waals surface area contributed by atoms with E-state index in [1.165, 1.54) is 10.7 Å². The van der Waals surface area contributed by atoms with Crippen LogP contribution in [0.3, 0.4) is 0 Å². The van der Waals surface area contributed by atoms with Gasteiger partial charge in [0.1, 0.15) is 5.75 Å². The Morgan fingerprint density at radius 2 is 1.73 bits per heavy atom. The van der Waals surface area contributed by atoms with Gasteiger partial charge in [0.2, 0.25) is 10.0 Å². The molecule has 48 heavy (non-hydrogen) atoms. The number of carbonyl (C=O) groups is 2. The minimum absolute atomic E-state index is 0.0905. The average Bonchev–Trinajstić information content (AvgIpc) is 3.06. The highest BCUT2D eigenvalue weighted by atomic mass is 32.2. The largest absolute Gasteiger partial charge is 0.490 e. The van der Waals surface area contributed by atoms with Gasteiger partial charge in [-0.25, -0.2) is 13.2 Å². The fourth-order valence-corrected chi connectivity index (χ4v) is 7.49. The van der Waals surface area contributed by atoms with Gasteiger partial charge in [0.05, 0.1) is 35.3 Å². The Labute approximate surface area is 286 Å². The Hall–Kier alpha value is -3.19. The Morgan fingerprint density at radius 1 is 1.04 bits per heavy atom. The smallest absolute Gasteiger partial charge is 0.319 e. The van der Waals surface area contributed by atoms with Crippen molar-refractivity contribution in [3.8, 4) is 5.75 Å². The molecule has 2 aliphatic rings. The minimum atomic E-state index is -3.78. The number of hydrogen-bond acceptors (Lipinski definition) is 7. The molecule has 266 valence electrons. The van der Waals surface area contributed by atoms with Crippen LogP contribution in [0.15, 0.2) is 47.4 Å². The molecule has 2 aromatic carbocycles. The molecule has 1 fully saturated rings. The number of aliphatic hydroxyl groups excluding tert-OH is 1. The van der Waals surface area contributed by atoms with Gasteiger partial charge in [0.25, 0.3) is 5.91 Å². The molecule has 0 spiro atoms. The molecule has 1 heterocycles. The summed E-state index contributed by atoms with van der Waals surface area (Å²) in [5, 5.41) is 16.2. The Bertz CT molecular complexity index is 1460. The first-order valence-electron chi connectivity index (χ1n) is 17.3. The Kier molecular flexibility index (Phi) is 13.7. The van der Waals surface area contributed by atoms with Gasteiger partial charge in [-0.1, -0.05) is 43.9 Å². The molecule has 4 rings (SSSR count). The number of anilines is 1. The molecule has 0 unspecified atom stereocenters. The van der Waals surface area contributed by atoms with Gasteiger partial charge < -0.3 is 30.1 Å². The highest BCUT2D eigenvalue weighted by molar-refractivity contribution is 7.89. The number of rotatable bonds is 8. The number of urea groups is 1. The lowest BCUT2D eigenvalue weighted by Gasteiger charge is -2.35. The number of nitrogens with zero attached hydrogens (tertiary/aromatic N) is 2. The zero-order valence-corrected chi connectivity index (χ0v) is 29.9. The van der Waals surface area contributed by atoms with Crippen molar-refractivity contribution < 1.29 is 32.6 Å². The fourth-order valence-electron chi connectivity index (χ4n) is 6.30. The Balaban J connectivity index is 1.60. The second-order valence-corrected chi connectivity index (χ2v) is 15.6. The van der Waals surface area contributed by atoms with Crippen LogP contribution in [-0.4, -0.2) is 92.3 Å². The predicted molar refractivity (Wildman–Crippen MR) is 187 cm³/mol. The minimum Gasteiger partial charge on any atom is -0.490 e. The first kappa shape index (κ1) is 37.6. The van der Waals surface area contributed by atoms with Gasteiger partial charge in [-0.05, 0) is 83.2 Å². The van der Waals surface area contributed by atoms with E-state index in [1.807, 2.05) is 20.8 Å². The van der Waals surface area contributed by atoms with Crippen LogP contribution in [0.2, 0.25) is 0 Å². The van der Waals surface area contributed by atoms with Crippen molar-refractivity contribution in [3.05, 3.63) is 53.6 Å². The highest BCUT2D eigenvalue weighted by Crippen LogP contribution is 2.29. The summed E-state index contributed by atoms with van der Waals surface area (Å²) in [5.41, 5.74) is 1.70. The molecule has 12 heteroatoms. The molecule has 0 bridgehead atoms. The number of aliphatic hydroxyl groups is 1. The van der Waals surface area contributed by atoms with E-state index in [-0.39, 0.29) is 60.2 Å². The summed E-state index contributed by atoms with van der Waals surface area (Å²) in [4.78, 5) is 29.0. The fraction of sp³-hybridized carbons (Fsp3) is 0.611. The normalized spacial score (nSPS) is 22.7. The van der Waals surface area contributed by atoms with Crippen LogP contribution in [-0.2, 0) is 14.8 Å². The van der Waals surface area contributed by atoms with Gasteiger partial charge in [0, 0.05) is 44.4 Å². The zero-order chi connectivity index (χ0) is 34.8. The van der Waals surface area contributed by atoms with Gasteiger partial charge in [0.15, 0.2) is 0 Å². The number of nitrogens with one attached hydrogen (secondary N) is 2. The summed E-state index contributed by atoms with van der Waals surface area (Å²) < 4.78 is 40.9. The summed E-state index contributed by atoms with van der Waals surface area (Å²) in [5.74, 6) is -0.256. The molecule has 11 nitrogen and oxygen atoms in total. The number of hydrogen-bond donors (Lipinski definition) is 3. The van der Waals surface area contributed by atoms with Crippen molar-refractivity contribution in [1.29, 1.82) is 0 Å². The van der Waals surface area contributed by atoms with Crippen molar-refractivity contribution >= 4 is 27.6 Å². The molecule has 1 saturated carbocycles. The first-order valence-corrected chi connectivity index (χ1v) is 18.8. The monoisotopic (exact) mass is 686 g/mol. The lowest BCUT2D eigenvalue weighted by Crippen LogP contribution is -2.48. The lowest BCUT2D eigenvalue weighted by molar-refractivity contribution is -0.00833. The number of sulfonamides is 1. The van der Waals surface area contributed by atoms with Crippen LogP contribution < -0.4 is 15.4 Å². The van der Waals surface area contributed by atoms with E-state index in [0.717, 1.165) is 50.5 Å². The molecular formula is C36H54N4O7S. The zero-order valence-electron chi connectivity index (χ0n) is 29.1. The van der Waals surface area contributed by atoms with E-state index in [2.05, 4.69) is 10.6 Å². The molecule has 3 N–H and O–H groups in total. The SMILES string of the molecule is Cc1ccc(S(=O)(=O)N(C)C[C@@H]2OCCCC[C@H](C)Oc3ccc(NC(=O)NC4CCCCC4)cc3C(=O)N([C@@H](C)CO)C[C@H]2C)cc1. The van der Waals surface area contributed by atoms with Gasteiger partial charge in [-0.2, -0.15) is 4.31 Å². The maximum absolute atomic E-state index is 14.4. The van der Waals surface area contributed by atoms with E-state index in [1.54, 1.807) is 61.3 Å². The van der Waals surface area contributed by atoms with E-state index < -0.39 is 22.2 Å². The molecule has 2 aromatic rings. The van der Waals surface area contributed by atoms with Crippen molar-refractivity contribution in [2.45, 2.75) is 108 Å². The summed E-state index contributed by atoms with van der Waals surface area (Å²) in [6, 6.07) is 11.1. The molecule has 3 amide bonds. The molecule has 0 saturated heterocycles. The van der Waals surface area contributed by atoms with Gasteiger partial charge in [-0.3, -0.25) is 4.79 Å². The molecule has 0 radical (unpaired) electrons. The highest BCUT2D eigenvalue weighted by Gasteiger charge is 2.32. The van der Waals surface area contributed by atoms with E-state index in [9.17, 15) is 23.1 Å². The summed E-state index contributed by atoms with van der Waals surface area (Å²) in [6.07, 6.45) is 6.85. The third-order valence-corrected chi connectivity index (χ3v) is 11.3. The summed E-state index contributed by atoms with van der Waals surface area (Å²) in [7, 11) is -2.23. The standard InChI is InChI=1S/C36H54N4O7S/c1-25-14-17-31(18-15-25)48(44,45)39(5)23-34-26(2)22-40(27(3)24-41)35(42)32-21-30(38-36(43)37-29-12-7-6-8-13-29)16-19-33(32)47-28(4)11-9-10-20-46-34/h14-19,21,26-29,34,41H,6-13,20,22-24H2,1-5H3,(H2,37,38,43)/t26-,27+,28+,34+/m1/s1. The number of fused-ring (bicyclic) bond motifs is 1. The summed E-state index contributed by atoms with van der Waals surface area (Å²) >= 11 is 0. The van der Waals surface area contributed by atoms with Gasteiger partial charge >= 0.3 is 6.03 Å². The first-order chi connectivity index (χ1) is 22.9. The third kappa shape index (κ3) is 10.2. The third-order valence-electron chi connectivity index (χ3n) is 9.42. The second-order valence-electron chi connectivity index (χ2n) is 13.5. The quantitative estimate of drug-likeness (QED) is 0.331. The number of aryl methyl sites for hydroxylation is 1. The second kappa shape index (κ2) is 17.5. The number of ether oxygens (including phenoxy) is 2. The van der Waals surface area contributed by atoms with Crippen molar-refractivity contribution in [2.24, 2.45) is 5.92 Å². The van der Waals surface area contributed by atoms with Crippen LogP contribution in [0.4, 0.5) is 10.5 Å². The van der Waals surface area contributed by atoms with Crippen LogP contribution in [0.1, 0.15) is 88.1 Å². The van der Waals surface area contributed by atoms with E-state index >= 15 is 0 Å². The molecule has 0 aromatic heterocycles. The number of benzene rings is 2. The van der Waals surface area contributed by atoms with E-state index in [0.29, 0.717) is 18.0 Å². The molecule has 1 aliphatic heterocycles. The molecular weight excluding hydrogens is 632 g/mol. The number of carbonyl (C=O) groups excluding carboxylic acids is 2. The number of amides is 3. The van der Waals surface area contributed by atoms with Crippen molar-refractivity contribution in [2.75, 3.05) is 38.7 Å². The number of likely N-dealkylation sites (N-methyl/N-ethyl adjacent to an activating group) is 1. The van der Waals surface area contributed by atoms with Gasteiger partial charge in [-0.15, -0.1) is 0 Å². The van der Waals surface area contributed by atoms with Crippen LogP contribution in [0, 0.1) is 12.8 Å². The van der Waals surface area contributed by atoms with E-state index in [4.69, 9.17) is 9.47 Å². The lowest BCUT2D eigenvalue weighted by atomic mass is 9.96. The van der Waals surface area contributed by atoms with Crippen molar-refractivity contribution in [1.82, 2.24) is 14.5 Å². The maximum atomic E-state index is 14.4. The average molecular weight is 687 g/mol. The predicted octanol–water partition coefficient (Wildman–Crippen LogP) is 5.57.